The molecule has 2 fully saturated rings. The van der Waals surface area contributed by atoms with Crippen molar-refractivity contribution in [3.05, 3.63) is 48.7 Å². The Balaban J connectivity index is 1.33. The van der Waals surface area contributed by atoms with E-state index in [4.69, 9.17) is 4.74 Å². The minimum atomic E-state index is -0.496. The molecule has 2 aromatic rings. The molecule has 0 bridgehead atoms. The van der Waals surface area contributed by atoms with Gasteiger partial charge in [0.2, 0.25) is 0 Å². The van der Waals surface area contributed by atoms with E-state index >= 15 is 0 Å². The van der Waals surface area contributed by atoms with Gasteiger partial charge in [-0.3, -0.25) is 10.2 Å². The summed E-state index contributed by atoms with van der Waals surface area (Å²) in [6.07, 6.45) is 6.68. The van der Waals surface area contributed by atoms with Crippen molar-refractivity contribution in [2.24, 2.45) is 0 Å². The van der Waals surface area contributed by atoms with Crippen molar-refractivity contribution in [1.82, 2.24) is 9.88 Å². The maximum atomic E-state index is 12.1. The summed E-state index contributed by atoms with van der Waals surface area (Å²) in [5, 5.41) is 2.79. The van der Waals surface area contributed by atoms with Crippen LogP contribution in [0.2, 0.25) is 0 Å². The monoisotopic (exact) mass is 366 g/mol. The number of benzene rings is 1. The molecular weight excluding hydrogens is 340 g/mol. The minimum Gasteiger partial charge on any atom is -0.410 e. The van der Waals surface area contributed by atoms with Gasteiger partial charge in [0.15, 0.2) is 0 Å². The van der Waals surface area contributed by atoms with Gasteiger partial charge in [-0.05, 0) is 31.0 Å². The standard InChI is InChI=1S/C21H26N4O2/c26-21(27-19-8-2-1-3-9-19)23-17-10-11-22-20(16-17)25-14-12-24(13-15-25)18-6-4-5-7-18/h1-3,8-11,16,18H,4-7,12-15H2,(H,22,23,26). The van der Waals surface area contributed by atoms with Crippen molar-refractivity contribution in [3.63, 3.8) is 0 Å². The molecule has 2 heterocycles. The molecule has 6 heteroatoms. The Morgan fingerprint density at radius 1 is 1.04 bits per heavy atom. The first kappa shape index (κ1) is 17.8. The van der Waals surface area contributed by atoms with Gasteiger partial charge in [-0.2, -0.15) is 0 Å². The van der Waals surface area contributed by atoms with Crippen molar-refractivity contribution >= 4 is 17.6 Å². The molecule has 0 radical (unpaired) electrons. The van der Waals surface area contributed by atoms with Crippen LogP contribution < -0.4 is 15.0 Å². The van der Waals surface area contributed by atoms with Crippen molar-refractivity contribution in [2.45, 2.75) is 31.7 Å². The van der Waals surface area contributed by atoms with Crippen LogP contribution in [0.15, 0.2) is 48.7 Å². The third kappa shape index (κ3) is 4.57. The summed E-state index contributed by atoms with van der Waals surface area (Å²) < 4.78 is 5.28. The Hall–Kier alpha value is -2.60. The normalized spacial score (nSPS) is 18.4. The molecule has 0 atom stereocenters. The first-order chi connectivity index (χ1) is 13.3. The molecule has 1 N–H and O–H groups in total. The number of piperazine rings is 1. The third-order valence-electron chi connectivity index (χ3n) is 5.43. The molecule has 1 amide bonds. The molecule has 1 aliphatic carbocycles. The zero-order valence-corrected chi connectivity index (χ0v) is 15.5. The lowest BCUT2D eigenvalue weighted by Gasteiger charge is -2.38. The van der Waals surface area contributed by atoms with Gasteiger partial charge in [0.1, 0.15) is 11.6 Å². The molecule has 6 nitrogen and oxygen atoms in total. The van der Waals surface area contributed by atoms with E-state index in [9.17, 15) is 4.79 Å². The molecule has 2 aliphatic rings. The Morgan fingerprint density at radius 3 is 2.52 bits per heavy atom. The van der Waals surface area contributed by atoms with Crippen LogP contribution in [0.4, 0.5) is 16.3 Å². The van der Waals surface area contributed by atoms with Crippen LogP contribution in [0.5, 0.6) is 5.75 Å². The van der Waals surface area contributed by atoms with Gasteiger partial charge >= 0.3 is 6.09 Å². The molecule has 1 saturated carbocycles. The van der Waals surface area contributed by atoms with Gasteiger partial charge in [0, 0.05) is 50.2 Å². The van der Waals surface area contributed by atoms with Crippen LogP contribution in [-0.4, -0.2) is 48.2 Å². The van der Waals surface area contributed by atoms with E-state index in [-0.39, 0.29) is 0 Å². The lowest BCUT2D eigenvalue weighted by Crippen LogP contribution is -2.50. The van der Waals surface area contributed by atoms with E-state index in [1.807, 2.05) is 24.3 Å². The second-order valence-corrected chi connectivity index (χ2v) is 7.19. The molecule has 27 heavy (non-hydrogen) atoms. The number of pyridine rings is 1. The maximum absolute atomic E-state index is 12.1. The Morgan fingerprint density at radius 2 is 1.78 bits per heavy atom. The molecule has 1 saturated heterocycles. The largest absolute Gasteiger partial charge is 0.417 e. The number of hydrogen-bond acceptors (Lipinski definition) is 5. The number of hydrogen-bond donors (Lipinski definition) is 1. The number of anilines is 2. The van der Waals surface area contributed by atoms with Crippen LogP contribution in [0, 0.1) is 0 Å². The number of nitrogens with one attached hydrogen (secondary N) is 1. The molecular formula is C21H26N4O2. The maximum Gasteiger partial charge on any atom is 0.417 e. The van der Waals surface area contributed by atoms with Gasteiger partial charge in [-0.1, -0.05) is 31.0 Å². The van der Waals surface area contributed by atoms with Crippen molar-refractivity contribution < 1.29 is 9.53 Å². The molecule has 4 rings (SSSR count). The number of ether oxygens (including phenoxy) is 1. The van der Waals surface area contributed by atoms with E-state index in [0.29, 0.717) is 11.4 Å². The summed E-state index contributed by atoms with van der Waals surface area (Å²) in [7, 11) is 0. The topological polar surface area (TPSA) is 57.7 Å². The zero-order chi connectivity index (χ0) is 18.5. The molecule has 1 aromatic heterocycles. The van der Waals surface area contributed by atoms with Crippen LogP contribution >= 0.6 is 0 Å². The SMILES string of the molecule is O=C(Nc1ccnc(N2CCN(C3CCCC3)CC2)c1)Oc1ccccc1. The average Bonchev–Trinajstić information content (AvgIpc) is 3.24. The second-order valence-electron chi connectivity index (χ2n) is 7.19. The minimum absolute atomic E-state index is 0.496. The molecule has 0 unspecified atom stereocenters. The van der Waals surface area contributed by atoms with Gasteiger partial charge in [0.05, 0.1) is 0 Å². The Kier molecular flexibility index (Phi) is 5.53. The Labute approximate surface area is 160 Å². The van der Waals surface area contributed by atoms with Crippen LogP contribution in [0.3, 0.4) is 0 Å². The van der Waals surface area contributed by atoms with Crippen LogP contribution in [0.1, 0.15) is 25.7 Å². The number of carbonyl (C=O) groups excluding carboxylic acids is 1. The van der Waals surface area contributed by atoms with Crippen molar-refractivity contribution in [3.8, 4) is 5.75 Å². The zero-order valence-electron chi connectivity index (χ0n) is 15.5. The number of amides is 1. The predicted molar refractivity (Wildman–Crippen MR) is 106 cm³/mol. The van der Waals surface area contributed by atoms with Crippen LogP contribution in [0.25, 0.3) is 0 Å². The van der Waals surface area contributed by atoms with E-state index < -0.39 is 6.09 Å². The lowest BCUT2D eigenvalue weighted by atomic mass is 10.2. The smallest absolute Gasteiger partial charge is 0.410 e. The Bertz CT molecular complexity index is 754. The highest BCUT2D eigenvalue weighted by molar-refractivity contribution is 5.86. The fraction of sp³-hybridized carbons (Fsp3) is 0.429. The fourth-order valence-electron chi connectivity index (χ4n) is 3.99. The lowest BCUT2D eigenvalue weighted by molar-refractivity contribution is 0.187. The molecule has 1 aliphatic heterocycles. The highest BCUT2D eigenvalue weighted by Gasteiger charge is 2.26. The predicted octanol–water partition coefficient (Wildman–Crippen LogP) is 3.76. The second kappa shape index (κ2) is 8.39. The third-order valence-corrected chi connectivity index (χ3v) is 5.43. The highest BCUT2D eigenvalue weighted by atomic mass is 16.6. The number of aromatic nitrogens is 1. The summed E-state index contributed by atoms with van der Waals surface area (Å²) in [4.78, 5) is 21.5. The van der Waals surface area contributed by atoms with Crippen molar-refractivity contribution in [2.75, 3.05) is 36.4 Å². The summed E-state index contributed by atoms with van der Waals surface area (Å²) in [5.74, 6) is 1.42. The van der Waals surface area contributed by atoms with E-state index in [0.717, 1.165) is 38.0 Å². The summed E-state index contributed by atoms with van der Waals surface area (Å²) in [5.41, 5.74) is 0.694. The summed E-state index contributed by atoms with van der Waals surface area (Å²) >= 11 is 0. The van der Waals surface area contributed by atoms with E-state index in [1.165, 1.54) is 25.7 Å². The first-order valence-electron chi connectivity index (χ1n) is 9.77. The van der Waals surface area contributed by atoms with Gasteiger partial charge in [-0.15, -0.1) is 0 Å². The van der Waals surface area contributed by atoms with E-state index in [1.54, 1.807) is 24.4 Å². The fourth-order valence-corrected chi connectivity index (χ4v) is 3.99. The number of nitrogens with zero attached hydrogens (tertiary/aromatic N) is 3. The van der Waals surface area contributed by atoms with Gasteiger partial charge in [-0.25, -0.2) is 9.78 Å². The van der Waals surface area contributed by atoms with Crippen molar-refractivity contribution in [1.29, 1.82) is 0 Å². The quantitative estimate of drug-likeness (QED) is 0.893. The van der Waals surface area contributed by atoms with Gasteiger partial charge in [0.25, 0.3) is 0 Å². The average molecular weight is 366 g/mol. The number of rotatable bonds is 4. The molecule has 142 valence electrons. The number of carbonyl (C=O) groups is 1. The first-order valence-corrected chi connectivity index (χ1v) is 9.77. The summed E-state index contributed by atoms with van der Waals surface area (Å²) in [6.45, 7) is 4.11. The molecule has 0 spiro atoms. The number of para-hydroxylation sites is 1. The molecule has 1 aromatic carbocycles. The van der Waals surface area contributed by atoms with Gasteiger partial charge < -0.3 is 9.64 Å². The highest BCUT2D eigenvalue weighted by Crippen LogP contribution is 2.25. The van der Waals surface area contributed by atoms with Crippen LogP contribution in [-0.2, 0) is 0 Å². The summed E-state index contributed by atoms with van der Waals surface area (Å²) in [6, 6.07) is 13.5. The van der Waals surface area contributed by atoms with E-state index in [2.05, 4.69) is 20.1 Å².